The Morgan fingerprint density at radius 1 is 1.06 bits per heavy atom. The molecule has 0 heterocycles. The summed E-state index contributed by atoms with van der Waals surface area (Å²) in [4.78, 5) is 13.9. The van der Waals surface area contributed by atoms with Crippen molar-refractivity contribution in [1.29, 1.82) is 0 Å². The molecule has 0 radical (unpaired) electrons. The molecule has 0 saturated heterocycles. The average Bonchev–Trinajstić information content (AvgIpc) is 3.01. The standard InChI is InChI=1S/C29H48O2/c1-18(2)9-8-10-19(3)21-12-13-22-20-11-14-24-27(4,5)25(31)15-16-28(24,6)26(20)23(30)17-29(21,22)7/h14,18-22,25-26,31H,8-13,15-17H2,1-7H3/t19-,20+,21-,22+,25+,26-,28+,29-/m1/s1. The number of ketones is 1. The van der Waals surface area contributed by atoms with E-state index in [1.54, 1.807) is 0 Å². The summed E-state index contributed by atoms with van der Waals surface area (Å²) in [7, 11) is 0. The van der Waals surface area contributed by atoms with E-state index in [1.807, 2.05) is 0 Å². The van der Waals surface area contributed by atoms with Gasteiger partial charge in [-0.2, -0.15) is 0 Å². The van der Waals surface area contributed by atoms with Crippen molar-refractivity contribution in [2.75, 3.05) is 0 Å². The lowest BCUT2D eigenvalue weighted by Gasteiger charge is -2.60. The normalized spacial score (nSPS) is 45.0. The van der Waals surface area contributed by atoms with E-state index in [2.05, 4.69) is 54.5 Å². The lowest BCUT2D eigenvalue weighted by molar-refractivity contribution is -0.147. The number of hydrogen-bond acceptors (Lipinski definition) is 2. The van der Waals surface area contributed by atoms with Crippen LogP contribution in [-0.2, 0) is 4.79 Å². The zero-order valence-corrected chi connectivity index (χ0v) is 21.3. The molecule has 3 fully saturated rings. The lowest BCUT2D eigenvalue weighted by Crippen LogP contribution is -2.57. The van der Waals surface area contributed by atoms with Crippen molar-refractivity contribution in [3.63, 3.8) is 0 Å². The summed E-state index contributed by atoms with van der Waals surface area (Å²) in [5.74, 6) is 4.15. The van der Waals surface area contributed by atoms with E-state index < -0.39 is 0 Å². The molecule has 0 aromatic carbocycles. The van der Waals surface area contributed by atoms with Crippen molar-refractivity contribution in [3.8, 4) is 0 Å². The smallest absolute Gasteiger partial charge is 0.137 e. The van der Waals surface area contributed by atoms with E-state index in [0.29, 0.717) is 23.5 Å². The molecule has 4 rings (SSSR count). The van der Waals surface area contributed by atoms with Crippen molar-refractivity contribution in [2.24, 2.45) is 51.8 Å². The largest absolute Gasteiger partial charge is 0.392 e. The summed E-state index contributed by atoms with van der Waals surface area (Å²) >= 11 is 0. The molecule has 4 aliphatic carbocycles. The number of carbonyl (C=O) groups is 1. The maximum atomic E-state index is 13.9. The zero-order valence-electron chi connectivity index (χ0n) is 21.3. The molecule has 8 atom stereocenters. The number of fused-ring (bicyclic) bond motifs is 5. The first kappa shape index (κ1) is 23.5. The van der Waals surface area contributed by atoms with Gasteiger partial charge in [0.1, 0.15) is 5.78 Å². The van der Waals surface area contributed by atoms with Gasteiger partial charge in [0, 0.05) is 17.8 Å². The third-order valence-electron chi connectivity index (χ3n) is 10.8. The highest BCUT2D eigenvalue weighted by Gasteiger charge is 2.63. The highest BCUT2D eigenvalue weighted by molar-refractivity contribution is 5.85. The highest BCUT2D eigenvalue weighted by atomic mass is 16.3. The Morgan fingerprint density at radius 3 is 2.45 bits per heavy atom. The molecule has 2 heteroatoms. The molecule has 3 saturated carbocycles. The monoisotopic (exact) mass is 428 g/mol. The molecule has 31 heavy (non-hydrogen) atoms. The molecule has 4 aliphatic rings. The minimum atomic E-state index is -0.283. The fraction of sp³-hybridized carbons (Fsp3) is 0.897. The maximum absolute atomic E-state index is 13.9. The number of aliphatic hydroxyl groups excluding tert-OH is 1. The average molecular weight is 429 g/mol. The van der Waals surface area contributed by atoms with Crippen LogP contribution in [0.5, 0.6) is 0 Å². The van der Waals surface area contributed by atoms with Gasteiger partial charge in [-0.3, -0.25) is 4.79 Å². The predicted octanol–water partition coefficient (Wildman–Crippen LogP) is 7.20. The first-order valence-electron chi connectivity index (χ1n) is 13.3. The first-order valence-corrected chi connectivity index (χ1v) is 13.3. The Kier molecular flexibility index (Phi) is 6.07. The van der Waals surface area contributed by atoms with Gasteiger partial charge in [0.15, 0.2) is 0 Å². The van der Waals surface area contributed by atoms with Crippen LogP contribution in [0.25, 0.3) is 0 Å². The quantitative estimate of drug-likeness (QED) is 0.470. The fourth-order valence-electron chi connectivity index (χ4n) is 9.25. The number of aliphatic hydroxyl groups is 1. The molecule has 176 valence electrons. The van der Waals surface area contributed by atoms with Crippen LogP contribution in [0.3, 0.4) is 0 Å². The van der Waals surface area contributed by atoms with E-state index in [4.69, 9.17) is 0 Å². The summed E-state index contributed by atoms with van der Waals surface area (Å²) in [6, 6.07) is 0. The minimum absolute atomic E-state index is 0.0506. The minimum Gasteiger partial charge on any atom is -0.392 e. The van der Waals surface area contributed by atoms with Crippen molar-refractivity contribution < 1.29 is 9.90 Å². The van der Waals surface area contributed by atoms with Gasteiger partial charge in [-0.15, -0.1) is 0 Å². The lowest BCUT2D eigenvalue weighted by atomic mass is 9.44. The van der Waals surface area contributed by atoms with Crippen LogP contribution in [0.1, 0.15) is 106 Å². The highest BCUT2D eigenvalue weighted by Crippen LogP contribution is 2.68. The van der Waals surface area contributed by atoms with Gasteiger partial charge < -0.3 is 5.11 Å². The van der Waals surface area contributed by atoms with Crippen LogP contribution in [0.15, 0.2) is 11.6 Å². The summed E-state index contributed by atoms with van der Waals surface area (Å²) in [6.07, 6.45) is 12.4. The van der Waals surface area contributed by atoms with Gasteiger partial charge in [0.05, 0.1) is 6.10 Å². The number of allylic oxidation sites excluding steroid dienone is 1. The zero-order chi connectivity index (χ0) is 22.8. The van der Waals surface area contributed by atoms with Gasteiger partial charge in [-0.25, -0.2) is 0 Å². The molecular weight excluding hydrogens is 380 g/mol. The molecule has 0 spiro atoms. The summed E-state index contributed by atoms with van der Waals surface area (Å²) < 4.78 is 0. The van der Waals surface area contributed by atoms with Crippen LogP contribution in [0.2, 0.25) is 0 Å². The van der Waals surface area contributed by atoms with Crippen LogP contribution in [0, 0.1) is 51.8 Å². The second kappa shape index (κ2) is 8.00. The molecule has 0 unspecified atom stereocenters. The van der Waals surface area contributed by atoms with Gasteiger partial charge in [-0.05, 0) is 72.5 Å². The SMILES string of the molecule is CC(C)CCC[C@@H](C)[C@H]1CC[C@H]2[C@@H]3CC=C4C(C)(C)[C@@H](O)CC[C@]4(C)[C@H]3C(=O)C[C@]12C. The Bertz CT molecular complexity index is 733. The van der Waals surface area contributed by atoms with Crippen LogP contribution >= 0.6 is 0 Å². The second-order valence-corrected chi connectivity index (χ2v) is 13.4. The Hall–Kier alpha value is -0.630. The van der Waals surface area contributed by atoms with Gasteiger partial charge in [0.25, 0.3) is 0 Å². The number of rotatable bonds is 5. The molecule has 0 aromatic heterocycles. The Labute approximate surface area is 191 Å². The predicted molar refractivity (Wildman–Crippen MR) is 129 cm³/mol. The van der Waals surface area contributed by atoms with E-state index in [-0.39, 0.29) is 28.3 Å². The third-order valence-corrected chi connectivity index (χ3v) is 10.8. The molecule has 2 nitrogen and oxygen atoms in total. The van der Waals surface area contributed by atoms with Gasteiger partial charge in [0.2, 0.25) is 0 Å². The topological polar surface area (TPSA) is 37.3 Å². The van der Waals surface area contributed by atoms with E-state index in [9.17, 15) is 9.90 Å². The molecule has 0 amide bonds. The molecular formula is C29H48O2. The van der Waals surface area contributed by atoms with Crippen LogP contribution in [0.4, 0.5) is 0 Å². The van der Waals surface area contributed by atoms with Gasteiger partial charge >= 0.3 is 0 Å². The summed E-state index contributed by atoms with van der Waals surface area (Å²) in [6.45, 7) is 16.4. The van der Waals surface area contributed by atoms with Crippen LogP contribution in [-0.4, -0.2) is 17.0 Å². The number of carbonyl (C=O) groups excluding carboxylic acids is 1. The summed E-state index contributed by atoms with van der Waals surface area (Å²) in [5.41, 5.74) is 1.32. The number of Topliss-reactive ketones (excluding diaryl/α,β-unsaturated/α-hetero) is 1. The van der Waals surface area contributed by atoms with E-state index in [0.717, 1.165) is 37.5 Å². The van der Waals surface area contributed by atoms with Crippen molar-refractivity contribution in [1.82, 2.24) is 0 Å². The second-order valence-electron chi connectivity index (χ2n) is 13.4. The van der Waals surface area contributed by atoms with E-state index in [1.165, 1.54) is 37.7 Å². The van der Waals surface area contributed by atoms with Crippen molar-refractivity contribution in [2.45, 2.75) is 112 Å². The Balaban J connectivity index is 1.59. The molecule has 1 N–H and O–H groups in total. The van der Waals surface area contributed by atoms with Crippen molar-refractivity contribution in [3.05, 3.63) is 11.6 Å². The number of hydrogen-bond donors (Lipinski definition) is 1. The van der Waals surface area contributed by atoms with E-state index >= 15 is 0 Å². The first-order chi connectivity index (χ1) is 14.4. The summed E-state index contributed by atoms with van der Waals surface area (Å²) in [5, 5.41) is 10.7. The molecule has 0 aromatic rings. The molecule has 0 bridgehead atoms. The van der Waals surface area contributed by atoms with Gasteiger partial charge in [-0.1, -0.05) is 79.4 Å². The Morgan fingerprint density at radius 2 is 1.77 bits per heavy atom. The third kappa shape index (κ3) is 3.58. The fourth-order valence-corrected chi connectivity index (χ4v) is 9.25. The van der Waals surface area contributed by atoms with Crippen molar-refractivity contribution >= 4 is 5.78 Å². The molecule has 0 aliphatic heterocycles. The van der Waals surface area contributed by atoms with Crippen LogP contribution < -0.4 is 0 Å². The maximum Gasteiger partial charge on any atom is 0.137 e.